The van der Waals surface area contributed by atoms with Crippen LogP contribution in [-0.2, 0) is 6.42 Å². The quantitative estimate of drug-likeness (QED) is 0.764. The van der Waals surface area contributed by atoms with Gasteiger partial charge < -0.3 is 5.11 Å². The summed E-state index contributed by atoms with van der Waals surface area (Å²) in [4.78, 5) is 11.4. The van der Waals surface area contributed by atoms with Gasteiger partial charge in [0.05, 0.1) is 10.0 Å². The van der Waals surface area contributed by atoms with Crippen LogP contribution in [0.1, 0.15) is 47.7 Å². The van der Waals surface area contributed by atoms with Crippen LogP contribution in [0, 0.1) is 11.7 Å². The lowest BCUT2D eigenvalue weighted by molar-refractivity contribution is 0.0695. The minimum absolute atomic E-state index is 0.0898. The predicted molar refractivity (Wildman–Crippen MR) is 83.8 cm³/mol. The Balaban J connectivity index is 2.11. The van der Waals surface area contributed by atoms with E-state index < -0.39 is 11.8 Å². The fourth-order valence-corrected chi connectivity index (χ4v) is 4.08. The molecule has 2 aliphatic carbocycles. The van der Waals surface area contributed by atoms with Gasteiger partial charge in [-0.1, -0.05) is 17.7 Å². The van der Waals surface area contributed by atoms with Crippen molar-refractivity contribution in [3.63, 3.8) is 0 Å². The lowest BCUT2D eigenvalue weighted by Gasteiger charge is -2.24. The number of carboxylic acids is 1. The van der Waals surface area contributed by atoms with Crippen molar-refractivity contribution in [2.24, 2.45) is 5.92 Å². The number of allylic oxidation sites excluding steroid dienone is 3. The van der Waals surface area contributed by atoms with Crippen LogP contribution in [-0.4, -0.2) is 11.1 Å². The molecule has 0 aromatic heterocycles. The Morgan fingerprint density at radius 2 is 2.24 bits per heavy atom. The number of rotatable bonds is 2. The molecule has 2 aliphatic rings. The summed E-state index contributed by atoms with van der Waals surface area (Å²) in [6.07, 6.45) is 3.39. The van der Waals surface area contributed by atoms with Crippen molar-refractivity contribution in [2.75, 3.05) is 0 Å². The topological polar surface area (TPSA) is 37.3 Å². The molecule has 0 bridgehead atoms. The number of aromatic carboxylic acids is 1. The molecule has 0 spiro atoms. The molecule has 110 valence electrons. The number of hydrogen-bond donors (Lipinski definition) is 1. The first-order valence-corrected chi connectivity index (χ1v) is 7.80. The molecule has 0 aliphatic heterocycles. The van der Waals surface area contributed by atoms with Crippen molar-refractivity contribution in [3.8, 4) is 0 Å². The Morgan fingerprint density at radius 3 is 2.86 bits per heavy atom. The largest absolute Gasteiger partial charge is 0.478 e. The zero-order chi connectivity index (χ0) is 15.3. The van der Waals surface area contributed by atoms with E-state index in [9.17, 15) is 14.3 Å². The molecule has 1 aromatic carbocycles. The van der Waals surface area contributed by atoms with Crippen molar-refractivity contribution in [3.05, 3.63) is 50.8 Å². The van der Waals surface area contributed by atoms with E-state index in [0.717, 1.165) is 42.0 Å². The molecule has 3 rings (SSSR count). The Labute approximate surface area is 131 Å². The van der Waals surface area contributed by atoms with Crippen molar-refractivity contribution < 1.29 is 14.3 Å². The fourth-order valence-electron chi connectivity index (χ4n) is 3.49. The smallest absolute Gasteiger partial charge is 0.336 e. The zero-order valence-electron chi connectivity index (χ0n) is 11.8. The van der Waals surface area contributed by atoms with E-state index in [2.05, 4.69) is 22.5 Å². The van der Waals surface area contributed by atoms with Crippen molar-refractivity contribution in [1.82, 2.24) is 0 Å². The van der Waals surface area contributed by atoms with Gasteiger partial charge in [0.15, 0.2) is 0 Å². The minimum Gasteiger partial charge on any atom is -0.478 e. The number of benzene rings is 1. The number of carbonyl (C=O) groups is 1. The first-order valence-electron chi connectivity index (χ1n) is 7.01. The van der Waals surface area contributed by atoms with Crippen LogP contribution in [0.3, 0.4) is 0 Å². The van der Waals surface area contributed by atoms with Gasteiger partial charge in [0, 0.05) is 0 Å². The third kappa shape index (κ3) is 2.26. The minimum atomic E-state index is -1.06. The Kier molecular flexibility index (Phi) is 3.52. The number of carboxylic acid groups (broad SMARTS) is 1. The summed E-state index contributed by atoms with van der Waals surface area (Å²) < 4.78 is 14.4. The molecule has 0 fully saturated rings. The molecule has 0 heterocycles. The average molecular weight is 351 g/mol. The maximum Gasteiger partial charge on any atom is 0.336 e. The molecule has 1 aromatic rings. The van der Waals surface area contributed by atoms with Crippen LogP contribution in [0.5, 0.6) is 0 Å². The Bertz CT molecular complexity index is 703. The molecule has 1 N–H and O–H groups in total. The first-order chi connectivity index (χ1) is 9.90. The molecule has 0 unspecified atom stereocenters. The molecule has 4 heteroatoms. The lowest BCUT2D eigenvalue weighted by Crippen LogP contribution is -2.09. The molecule has 21 heavy (non-hydrogen) atoms. The van der Waals surface area contributed by atoms with Gasteiger partial charge >= 0.3 is 5.97 Å². The van der Waals surface area contributed by atoms with Gasteiger partial charge in [-0.2, -0.15) is 0 Å². The van der Waals surface area contributed by atoms with E-state index in [-0.39, 0.29) is 5.56 Å². The van der Waals surface area contributed by atoms with Gasteiger partial charge in [0.2, 0.25) is 0 Å². The van der Waals surface area contributed by atoms with Gasteiger partial charge in [-0.15, -0.1) is 0 Å². The highest BCUT2D eigenvalue weighted by Crippen LogP contribution is 2.48. The molecule has 0 saturated carbocycles. The maximum atomic E-state index is 14.0. The zero-order valence-corrected chi connectivity index (χ0v) is 13.4. The summed E-state index contributed by atoms with van der Waals surface area (Å²) >= 11 is 3.30. The van der Waals surface area contributed by atoms with Crippen LogP contribution in [0.25, 0.3) is 5.57 Å². The van der Waals surface area contributed by atoms with E-state index in [4.69, 9.17) is 0 Å². The van der Waals surface area contributed by atoms with Crippen molar-refractivity contribution in [1.29, 1.82) is 0 Å². The van der Waals surface area contributed by atoms with Crippen LogP contribution < -0.4 is 0 Å². The third-order valence-electron chi connectivity index (χ3n) is 4.61. The van der Waals surface area contributed by atoms with E-state index >= 15 is 0 Å². The first kappa shape index (κ1) is 14.5. The lowest BCUT2D eigenvalue weighted by atomic mass is 9.81. The number of hydrogen-bond acceptors (Lipinski definition) is 1. The third-order valence-corrected chi connectivity index (χ3v) is 5.38. The predicted octanol–water partition coefficient (Wildman–Crippen LogP) is 4.97. The van der Waals surface area contributed by atoms with Gasteiger partial charge in [-0.05, 0) is 77.2 Å². The van der Waals surface area contributed by atoms with Crippen molar-refractivity contribution >= 4 is 27.5 Å². The molecule has 2 nitrogen and oxygen atoms in total. The van der Waals surface area contributed by atoms with Crippen LogP contribution in [0.4, 0.5) is 4.39 Å². The summed E-state index contributed by atoms with van der Waals surface area (Å²) in [5.41, 5.74) is 5.17. The van der Waals surface area contributed by atoms with Gasteiger partial charge in [0.1, 0.15) is 5.82 Å². The maximum absolute atomic E-state index is 14.0. The molecule has 0 saturated heterocycles. The SMILES string of the molecule is C=C(C)[C@H]1CCC2=C(Cc3c(C(=O)O)cc(F)c(Br)c32)C1. The number of halogens is 2. The Hall–Kier alpha value is -1.42. The van der Waals surface area contributed by atoms with E-state index in [0.29, 0.717) is 16.8 Å². The second-order valence-corrected chi connectivity index (χ2v) is 6.72. The van der Waals surface area contributed by atoms with Gasteiger partial charge in [0.25, 0.3) is 0 Å². The molecular formula is C17H16BrFO2. The van der Waals surface area contributed by atoms with Crippen LogP contribution >= 0.6 is 15.9 Å². The second-order valence-electron chi connectivity index (χ2n) is 5.92. The number of fused-ring (bicyclic) bond motifs is 2. The monoisotopic (exact) mass is 350 g/mol. The molecule has 1 atom stereocenters. The summed E-state index contributed by atoms with van der Waals surface area (Å²) in [5.74, 6) is -1.11. The highest BCUT2D eigenvalue weighted by atomic mass is 79.9. The summed E-state index contributed by atoms with van der Waals surface area (Å²) in [7, 11) is 0. The summed E-state index contributed by atoms with van der Waals surface area (Å²) in [6.45, 7) is 6.07. The summed E-state index contributed by atoms with van der Waals surface area (Å²) in [5, 5.41) is 9.32. The second kappa shape index (κ2) is 5.09. The Morgan fingerprint density at radius 1 is 1.52 bits per heavy atom. The van der Waals surface area contributed by atoms with Crippen molar-refractivity contribution in [2.45, 2.75) is 32.6 Å². The molecular weight excluding hydrogens is 335 g/mol. The van der Waals surface area contributed by atoms with Gasteiger partial charge in [-0.25, -0.2) is 9.18 Å². The van der Waals surface area contributed by atoms with Crippen LogP contribution in [0.15, 0.2) is 28.3 Å². The highest BCUT2D eigenvalue weighted by molar-refractivity contribution is 9.10. The van der Waals surface area contributed by atoms with Crippen LogP contribution in [0.2, 0.25) is 0 Å². The van der Waals surface area contributed by atoms with Gasteiger partial charge in [-0.3, -0.25) is 0 Å². The standard InChI is InChI=1S/C17H16BrFO2/c1-8(2)9-3-4-11-10(5-9)6-12-13(17(20)21)7-14(19)16(18)15(11)12/h7,9H,1,3-6H2,2H3,(H,20,21)/t9-/m0/s1. The van der Waals surface area contributed by atoms with E-state index in [1.54, 1.807) is 0 Å². The summed E-state index contributed by atoms with van der Waals surface area (Å²) in [6, 6.07) is 1.12. The molecule has 0 amide bonds. The van der Waals surface area contributed by atoms with E-state index in [1.165, 1.54) is 11.1 Å². The average Bonchev–Trinajstić information content (AvgIpc) is 2.80. The molecule has 0 radical (unpaired) electrons. The van der Waals surface area contributed by atoms with E-state index in [1.807, 2.05) is 6.92 Å². The fraction of sp³-hybridized carbons (Fsp3) is 0.353. The normalized spacial score (nSPS) is 20.2. The highest BCUT2D eigenvalue weighted by Gasteiger charge is 2.33.